The van der Waals surface area contributed by atoms with Gasteiger partial charge in [0.25, 0.3) is 0 Å². The van der Waals surface area contributed by atoms with Crippen LogP contribution < -0.4 is 15.6 Å². The lowest BCUT2D eigenvalue weighted by atomic mass is 9.78. The van der Waals surface area contributed by atoms with E-state index in [9.17, 15) is 23.5 Å². The first-order valence-corrected chi connectivity index (χ1v) is 12.7. The number of halogens is 3. The minimum Gasteiger partial charge on any atom is -0.389 e. The predicted molar refractivity (Wildman–Crippen MR) is 140 cm³/mol. The van der Waals surface area contributed by atoms with Gasteiger partial charge in [0, 0.05) is 17.5 Å². The van der Waals surface area contributed by atoms with Crippen LogP contribution in [0.3, 0.4) is 0 Å². The molecule has 7 nitrogen and oxygen atoms in total. The van der Waals surface area contributed by atoms with Crippen LogP contribution in [0, 0.1) is 17.5 Å². The van der Waals surface area contributed by atoms with Crippen LogP contribution in [0.1, 0.15) is 37.1 Å². The first-order chi connectivity index (χ1) is 17.9. The maximum Gasteiger partial charge on any atom is 0.249 e. The molecule has 2 unspecified atom stereocenters. The number of thiophene rings is 1. The monoisotopic (exact) mass is 544 g/mol. The molecule has 3 N–H and O–H groups in total. The highest BCUT2D eigenvalue weighted by Crippen LogP contribution is 2.46. The summed E-state index contributed by atoms with van der Waals surface area (Å²) in [7, 11) is 0. The fourth-order valence-corrected chi connectivity index (χ4v) is 5.22. The number of hydrogen-bond donors (Lipinski definition) is 3. The van der Waals surface area contributed by atoms with E-state index in [-0.39, 0.29) is 12.2 Å². The topological polar surface area (TPSA) is 94.0 Å². The molecule has 2 atom stereocenters. The highest BCUT2D eigenvalue weighted by Gasteiger charge is 2.55. The Morgan fingerprint density at radius 1 is 1.08 bits per heavy atom. The summed E-state index contributed by atoms with van der Waals surface area (Å²) in [5, 5.41) is 22.6. The zero-order valence-electron chi connectivity index (χ0n) is 21.0. The van der Waals surface area contributed by atoms with E-state index in [0.717, 1.165) is 10.9 Å². The van der Waals surface area contributed by atoms with Crippen LogP contribution in [0.15, 0.2) is 65.1 Å². The number of benzene rings is 2. The van der Waals surface area contributed by atoms with Crippen molar-refractivity contribution < 1.29 is 27.9 Å². The standard InChI is InChI=1S/C27H27F3N4O3S/c1-26(2,37)15-32-22(35)14-31-25(36)27(3)23(21-5-4-12-38-21)24(16-6-8-17(28)9-7-16)33-34(27)20-11-10-18(29)13-19(20)30/h4-13,23,37H,14-15H2,1-3H3,(H,31,36)(H,32,35). The van der Waals surface area contributed by atoms with Crippen LogP contribution in [0.25, 0.3) is 0 Å². The lowest BCUT2D eigenvalue weighted by molar-refractivity contribution is -0.129. The molecule has 2 heterocycles. The van der Waals surface area contributed by atoms with Gasteiger partial charge >= 0.3 is 0 Å². The molecule has 200 valence electrons. The van der Waals surface area contributed by atoms with Crippen LogP contribution in [0.5, 0.6) is 0 Å². The average molecular weight is 545 g/mol. The van der Waals surface area contributed by atoms with E-state index in [1.165, 1.54) is 60.5 Å². The summed E-state index contributed by atoms with van der Waals surface area (Å²) in [4.78, 5) is 27.0. The minimum absolute atomic E-state index is 0.0263. The number of aliphatic hydroxyl groups is 1. The molecule has 0 saturated heterocycles. The van der Waals surface area contributed by atoms with Gasteiger partial charge in [-0.2, -0.15) is 5.10 Å². The molecule has 2 amide bonds. The Bertz CT molecular complexity index is 1360. The van der Waals surface area contributed by atoms with Crippen molar-refractivity contribution in [3.05, 3.63) is 87.9 Å². The van der Waals surface area contributed by atoms with Crippen LogP contribution in [0.2, 0.25) is 0 Å². The van der Waals surface area contributed by atoms with Gasteiger partial charge in [-0.25, -0.2) is 18.2 Å². The highest BCUT2D eigenvalue weighted by atomic mass is 32.1. The summed E-state index contributed by atoms with van der Waals surface area (Å²) in [6.45, 7) is 4.18. The number of hydrazone groups is 1. The van der Waals surface area contributed by atoms with Crippen molar-refractivity contribution in [2.75, 3.05) is 18.1 Å². The van der Waals surface area contributed by atoms with Gasteiger partial charge in [0.05, 0.1) is 29.5 Å². The normalized spacial score (nSPS) is 19.3. The van der Waals surface area contributed by atoms with Crippen LogP contribution >= 0.6 is 11.3 Å². The highest BCUT2D eigenvalue weighted by molar-refractivity contribution is 7.10. The number of nitrogens with zero attached hydrogens (tertiary/aromatic N) is 2. The van der Waals surface area contributed by atoms with Gasteiger partial charge in [-0.15, -0.1) is 11.3 Å². The van der Waals surface area contributed by atoms with Crippen molar-refractivity contribution in [3.8, 4) is 0 Å². The summed E-state index contributed by atoms with van der Waals surface area (Å²) in [5.74, 6) is -4.11. The third kappa shape index (κ3) is 5.58. The number of carbonyl (C=O) groups is 2. The molecule has 0 spiro atoms. The Kier molecular flexibility index (Phi) is 7.61. The molecule has 0 radical (unpaired) electrons. The molecule has 1 aliphatic rings. The Morgan fingerprint density at radius 3 is 2.37 bits per heavy atom. The number of carbonyl (C=O) groups excluding carboxylic acids is 2. The van der Waals surface area contributed by atoms with Gasteiger partial charge in [-0.05, 0) is 62.0 Å². The van der Waals surface area contributed by atoms with E-state index in [0.29, 0.717) is 17.3 Å². The fraction of sp³-hybridized carbons (Fsp3) is 0.296. The fourth-order valence-electron chi connectivity index (χ4n) is 4.27. The van der Waals surface area contributed by atoms with E-state index in [1.54, 1.807) is 19.1 Å². The van der Waals surface area contributed by atoms with E-state index in [2.05, 4.69) is 15.7 Å². The number of nitrogens with one attached hydrogen (secondary N) is 2. The maximum atomic E-state index is 15.1. The Labute approximate surface area is 222 Å². The smallest absolute Gasteiger partial charge is 0.249 e. The van der Waals surface area contributed by atoms with Crippen molar-refractivity contribution in [2.45, 2.75) is 37.8 Å². The van der Waals surface area contributed by atoms with Crippen molar-refractivity contribution in [3.63, 3.8) is 0 Å². The molecule has 1 aliphatic heterocycles. The number of amides is 2. The molecule has 11 heteroatoms. The summed E-state index contributed by atoms with van der Waals surface area (Å²) in [6.07, 6.45) is 0. The molecule has 0 saturated carbocycles. The summed E-state index contributed by atoms with van der Waals surface area (Å²) >= 11 is 1.36. The molecule has 4 rings (SSSR count). The Morgan fingerprint density at radius 2 is 1.76 bits per heavy atom. The molecule has 0 fully saturated rings. The van der Waals surface area contributed by atoms with E-state index >= 15 is 4.39 Å². The maximum absolute atomic E-state index is 15.1. The van der Waals surface area contributed by atoms with Crippen molar-refractivity contribution in [1.29, 1.82) is 0 Å². The van der Waals surface area contributed by atoms with Crippen LogP contribution in [-0.4, -0.2) is 46.9 Å². The Hall–Kier alpha value is -3.70. The van der Waals surface area contributed by atoms with Crippen LogP contribution in [-0.2, 0) is 9.59 Å². The predicted octanol–water partition coefficient (Wildman–Crippen LogP) is 3.94. The van der Waals surface area contributed by atoms with Gasteiger partial charge in [0.1, 0.15) is 11.6 Å². The molecule has 3 aromatic rings. The van der Waals surface area contributed by atoms with Gasteiger partial charge < -0.3 is 15.7 Å². The van der Waals surface area contributed by atoms with Gasteiger partial charge in [0.15, 0.2) is 11.4 Å². The molecule has 0 bridgehead atoms. The number of hydrogen-bond acceptors (Lipinski definition) is 6. The van der Waals surface area contributed by atoms with Gasteiger partial charge in [-0.3, -0.25) is 9.59 Å². The molecule has 2 aromatic carbocycles. The molecule has 38 heavy (non-hydrogen) atoms. The van der Waals surface area contributed by atoms with Crippen molar-refractivity contribution in [2.24, 2.45) is 5.10 Å². The van der Waals surface area contributed by atoms with E-state index < -0.39 is 52.9 Å². The number of anilines is 1. The second kappa shape index (κ2) is 10.6. The number of rotatable bonds is 8. The lowest BCUT2D eigenvalue weighted by Crippen LogP contribution is -2.58. The third-order valence-corrected chi connectivity index (χ3v) is 7.11. The van der Waals surface area contributed by atoms with E-state index in [1.807, 2.05) is 5.38 Å². The summed E-state index contributed by atoms with van der Waals surface area (Å²) < 4.78 is 42.5. The average Bonchev–Trinajstić information content (AvgIpc) is 3.48. The van der Waals surface area contributed by atoms with Gasteiger partial charge in [-0.1, -0.05) is 18.2 Å². The minimum atomic E-state index is -1.61. The molecule has 1 aromatic heterocycles. The van der Waals surface area contributed by atoms with E-state index in [4.69, 9.17) is 0 Å². The summed E-state index contributed by atoms with van der Waals surface area (Å²) in [5.41, 5.74) is -2.01. The molecule has 0 aliphatic carbocycles. The Balaban J connectivity index is 1.77. The quantitative estimate of drug-likeness (QED) is 0.401. The van der Waals surface area contributed by atoms with Crippen molar-refractivity contribution in [1.82, 2.24) is 10.6 Å². The second-order valence-corrected chi connectivity index (χ2v) is 10.7. The van der Waals surface area contributed by atoms with Crippen molar-refractivity contribution >= 4 is 34.6 Å². The second-order valence-electron chi connectivity index (χ2n) is 9.77. The zero-order chi connectivity index (χ0) is 27.7. The lowest BCUT2D eigenvalue weighted by Gasteiger charge is -2.37. The first kappa shape index (κ1) is 27.3. The molecular formula is C27H27F3N4O3S. The third-order valence-electron chi connectivity index (χ3n) is 6.18. The van der Waals surface area contributed by atoms with Gasteiger partial charge in [0.2, 0.25) is 11.8 Å². The zero-order valence-corrected chi connectivity index (χ0v) is 21.8. The van der Waals surface area contributed by atoms with Crippen LogP contribution in [0.4, 0.5) is 18.9 Å². The first-order valence-electron chi connectivity index (χ1n) is 11.8. The molecular weight excluding hydrogens is 517 g/mol. The largest absolute Gasteiger partial charge is 0.389 e. The SMILES string of the molecule is CC(C)(O)CNC(=O)CNC(=O)C1(C)C(c2cccs2)C(c2ccc(F)cc2)=NN1c1ccc(F)cc1F. The summed E-state index contributed by atoms with van der Waals surface area (Å²) in [6, 6.07) is 12.1.